The number of nitrogens with one attached hydrogen (secondary N) is 1. The second-order valence-electron chi connectivity index (χ2n) is 3.67. The van der Waals surface area contributed by atoms with Crippen LogP contribution in [0.5, 0.6) is 0 Å². The van der Waals surface area contributed by atoms with Crippen LogP contribution >= 0.6 is 0 Å². The fourth-order valence-electron chi connectivity index (χ4n) is 1.53. The van der Waals surface area contributed by atoms with Crippen LogP contribution in [0.1, 0.15) is 0 Å². The van der Waals surface area contributed by atoms with Crippen LogP contribution in [0.25, 0.3) is 0 Å². The highest BCUT2D eigenvalue weighted by atomic mass is 16.1. The van der Waals surface area contributed by atoms with Crippen molar-refractivity contribution in [3.05, 3.63) is 54.3 Å². The molecule has 0 aromatic heterocycles. The summed E-state index contributed by atoms with van der Waals surface area (Å²) in [6.45, 7) is 0. The number of ketones is 2. The van der Waals surface area contributed by atoms with Crippen molar-refractivity contribution >= 4 is 17.3 Å². The van der Waals surface area contributed by atoms with Crippen LogP contribution in [-0.4, -0.2) is 23.6 Å². The van der Waals surface area contributed by atoms with Gasteiger partial charge in [-0.1, -0.05) is 18.2 Å². The van der Waals surface area contributed by atoms with Gasteiger partial charge >= 0.3 is 0 Å². The van der Waals surface area contributed by atoms with Crippen LogP contribution in [0.2, 0.25) is 0 Å². The smallest absolute Gasteiger partial charge is 0.203 e. The van der Waals surface area contributed by atoms with E-state index in [0.717, 1.165) is 5.69 Å². The van der Waals surface area contributed by atoms with Gasteiger partial charge in [0.2, 0.25) is 5.78 Å². The number of para-hydroxylation sites is 1. The molecule has 0 bridgehead atoms. The standard InChI is InChI=1S/C13H12N2O2/c1-15(14-10-5-3-2-4-6-10)12-9-11(16)7-8-13(12)17/h2-9,14H,1H3. The lowest BCUT2D eigenvalue weighted by Gasteiger charge is -2.23. The number of carbonyl (C=O) groups is 2. The summed E-state index contributed by atoms with van der Waals surface area (Å²) >= 11 is 0. The number of hydrazine groups is 1. The van der Waals surface area contributed by atoms with Crippen molar-refractivity contribution in [2.24, 2.45) is 0 Å². The van der Waals surface area contributed by atoms with Crippen LogP contribution in [0.3, 0.4) is 0 Å². The molecule has 0 atom stereocenters. The maximum Gasteiger partial charge on any atom is 0.203 e. The summed E-state index contributed by atoms with van der Waals surface area (Å²) in [5.41, 5.74) is 4.21. The molecule has 0 saturated heterocycles. The number of nitrogens with zero attached hydrogens (tertiary/aromatic N) is 1. The molecular formula is C13H12N2O2. The molecule has 1 aromatic rings. The molecule has 0 radical (unpaired) electrons. The Hall–Kier alpha value is -2.36. The van der Waals surface area contributed by atoms with Gasteiger partial charge in [0.05, 0.1) is 5.69 Å². The molecule has 0 spiro atoms. The van der Waals surface area contributed by atoms with Crippen LogP contribution in [0.15, 0.2) is 54.3 Å². The number of hydrogen-bond donors (Lipinski definition) is 1. The Balaban J connectivity index is 2.13. The van der Waals surface area contributed by atoms with E-state index in [4.69, 9.17) is 0 Å². The number of anilines is 1. The monoisotopic (exact) mass is 228 g/mol. The average molecular weight is 228 g/mol. The predicted octanol–water partition coefficient (Wildman–Crippen LogP) is 1.54. The molecule has 1 aromatic carbocycles. The maximum atomic E-state index is 11.6. The van der Waals surface area contributed by atoms with E-state index in [2.05, 4.69) is 5.43 Å². The van der Waals surface area contributed by atoms with Gasteiger partial charge in [-0.15, -0.1) is 0 Å². The molecule has 0 heterocycles. The first-order chi connectivity index (χ1) is 8.16. The Morgan fingerprint density at radius 1 is 1.06 bits per heavy atom. The van der Waals surface area contributed by atoms with E-state index in [9.17, 15) is 9.59 Å². The minimum atomic E-state index is -0.185. The Labute approximate surface area is 99.2 Å². The van der Waals surface area contributed by atoms with Gasteiger partial charge in [0.1, 0.15) is 5.70 Å². The summed E-state index contributed by atoms with van der Waals surface area (Å²) in [4.78, 5) is 22.8. The van der Waals surface area contributed by atoms with Crippen molar-refractivity contribution in [2.75, 3.05) is 12.5 Å². The SMILES string of the molecule is CN(Nc1ccccc1)C1=CC(=O)C=CC1=O. The Morgan fingerprint density at radius 2 is 1.76 bits per heavy atom. The highest BCUT2D eigenvalue weighted by Crippen LogP contribution is 2.12. The lowest BCUT2D eigenvalue weighted by Crippen LogP contribution is -2.30. The van der Waals surface area contributed by atoms with Gasteiger partial charge in [-0.2, -0.15) is 0 Å². The van der Waals surface area contributed by atoms with Gasteiger partial charge in [0.25, 0.3) is 0 Å². The minimum Gasteiger partial charge on any atom is -0.299 e. The molecule has 0 unspecified atom stereocenters. The summed E-state index contributed by atoms with van der Waals surface area (Å²) in [5.74, 6) is -0.364. The zero-order valence-corrected chi connectivity index (χ0v) is 9.38. The Kier molecular flexibility index (Phi) is 3.05. The summed E-state index contributed by atoms with van der Waals surface area (Å²) in [7, 11) is 1.70. The molecule has 0 saturated carbocycles. The largest absolute Gasteiger partial charge is 0.299 e. The third-order valence-electron chi connectivity index (χ3n) is 2.36. The third-order valence-corrected chi connectivity index (χ3v) is 2.36. The second-order valence-corrected chi connectivity index (χ2v) is 3.67. The lowest BCUT2D eigenvalue weighted by molar-refractivity contribution is -0.115. The van der Waals surface area contributed by atoms with Gasteiger partial charge in [0.15, 0.2) is 5.78 Å². The average Bonchev–Trinajstić information content (AvgIpc) is 2.33. The van der Waals surface area contributed by atoms with E-state index in [-0.39, 0.29) is 11.6 Å². The van der Waals surface area contributed by atoms with Crippen molar-refractivity contribution < 1.29 is 9.59 Å². The molecule has 2 rings (SSSR count). The first-order valence-electron chi connectivity index (χ1n) is 5.20. The van der Waals surface area contributed by atoms with Gasteiger partial charge in [-0.3, -0.25) is 20.0 Å². The number of benzene rings is 1. The van der Waals surface area contributed by atoms with Crippen molar-refractivity contribution in [2.45, 2.75) is 0 Å². The molecule has 0 amide bonds. The lowest BCUT2D eigenvalue weighted by atomic mass is 10.1. The van der Waals surface area contributed by atoms with E-state index >= 15 is 0 Å². The molecule has 86 valence electrons. The van der Waals surface area contributed by atoms with E-state index in [0.29, 0.717) is 5.70 Å². The molecule has 4 heteroatoms. The second kappa shape index (κ2) is 4.65. The highest BCUT2D eigenvalue weighted by molar-refractivity contribution is 6.17. The van der Waals surface area contributed by atoms with Crippen molar-refractivity contribution in [1.82, 2.24) is 5.01 Å². The van der Waals surface area contributed by atoms with Crippen molar-refractivity contribution in [1.29, 1.82) is 0 Å². The highest BCUT2D eigenvalue weighted by Gasteiger charge is 2.16. The number of rotatable bonds is 3. The first-order valence-corrected chi connectivity index (χ1v) is 5.20. The number of allylic oxidation sites excluding steroid dienone is 3. The van der Waals surface area contributed by atoms with Gasteiger partial charge in [-0.05, 0) is 24.3 Å². The van der Waals surface area contributed by atoms with E-state index < -0.39 is 0 Å². The molecule has 0 fully saturated rings. The normalized spacial score (nSPS) is 14.5. The Bertz CT molecular complexity index is 503. The first kappa shape index (κ1) is 11.1. The molecular weight excluding hydrogens is 216 g/mol. The van der Waals surface area contributed by atoms with Crippen molar-refractivity contribution in [3.63, 3.8) is 0 Å². The summed E-state index contributed by atoms with van der Waals surface area (Å²) in [5, 5.41) is 1.54. The van der Waals surface area contributed by atoms with Gasteiger partial charge in [-0.25, -0.2) is 0 Å². The molecule has 1 N–H and O–H groups in total. The van der Waals surface area contributed by atoms with Crippen LogP contribution in [-0.2, 0) is 9.59 Å². The van der Waals surface area contributed by atoms with Crippen LogP contribution in [0.4, 0.5) is 5.69 Å². The number of carbonyl (C=O) groups excluding carboxylic acids is 2. The topological polar surface area (TPSA) is 49.4 Å². The zero-order valence-electron chi connectivity index (χ0n) is 9.38. The Morgan fingerprint density at radius 3 is 2.47 bits per heavy atom. The summed E-state index contributed by atoms with van der Waals surface area (Å²) < 4.78 is 0. The predicted molar refractivity (Wildman–Crippen MR) is 65.1 cm³/mol. The molecule has 1 aliphatic rings. The third kappa shape index (κ3) is 2.60. The fraction of sp³-hybridized carbons (Fsp3) is 0.0769. The van der Waals surface area contributed by atoms with E-state index in [1.54, 1.807) is 12.1 Å². The fourth-order valence-corrected chi connectivity index (χ4v) is 1.53. The van der Waals surface area contributed by atoms with Crippen molar-refractivity contribution in [3.8, 4) is 0 Å². The van der Waals surface area contributed by atoms with Crippen LogP contribution in [0, 0.1) is 0 Å². The van der Waals surface area contributed by atoms with Gasteiger partial charge in [0, 0.05) is 13.1 Å². The number of likely N-dealkylation sites (N-methyl/N-ethyl adjacent to an activating group) is 1. The minimum absolute atomic E-state index is 0.179. The van der Waals surface area contributed by atoms with Gasteiger partial charge < -0.3 is 0 Å². The molecule has 0 aliphatic heterocycles. The zero-order chi connectivity index (χ0) is 12.3. The quantitative estimate of drug-likeness (QED) is 0.629. The molecule has 1 aliphatic carbocycles. The molecule has 4 nitrogen and oxygen atoms in total. The summed E-state index contributed by atoms with van der Waals surface area (Å²) in [6, 6.07) is 9.43. The summed E-state index contributed by atoms with van der Waals surface area (Å²) in [6.07, 6.45) is 3.86. The van der Waals surface area contributed by atoms with Crippen LogP contribution < -0.4 is 5.43 Å². The van der Waals surface area contributed by atoms with E-state index in [1.807, 2.05) is 30.3 Å². The number of hydrogen-bond acceptors (Lipinski definition) is 4. The maximum absolute atomic E-state index is 11.6. The van der Waals surface area contributed by atoms with E-state index in [1.165, 1.54) is 18.2 Å². The molecule has 17 heavy (non-hydrogen) atoms.